The number of rotatable bonds is 5. The summed E-state index contributed by atoms with van der Waals surface area (Å²) < 4.78 is 7.49. The summed E-state index contributed by atoms with van der Waals surface area (Å²) >= 11 is 0. The third-order valence-corrected chi connectivity index (χ3v) is 5.53. The predicted molar refractivity (Wildman–Crippen MR) is 99.8 cm³/mol. The van der Waals surface area contributed by atoms with Gasteiger partial charge in [0.05, 0.1) is 7.11 Å². The first-order valence-corrected chi connectivity index (χ1v) is 9.44. The van der Waals surface area contributed by atoms with Gasteiger partial charge in [0.15, 0.2) is 11.5 Å². The average Bonchev–Trinajstić information content (AvgIpc) is 3.26. The van der Waals surface area contributed by atoms with Crippen molar-refractivity contribution < 1.29 is 4.74 Å². The van der Waals surface area contributed by atoms with Crippen molar-refractivity contribution in [3.8, 4) is 5.75 Å². The van der Waals surface area contributed by atoms with Gasteiger partial charge in [0.2, 0.25) is 0 Å². The Morgan fingerprint density at radius 1 is 1.08 bits per heavy atom. The number of para-hydroxylation sites is 1. The maximum atomic E-state index is 5.54. The Morgan fingerprint density at radius 3 is 2.81 bits per heavy atom. The smallest absolute Gasteiger partial charge is 0.178 e. The Balaban J connectivity index is 1.45. The number of benzene rings is 1. The van der Waals surface area contributed by atoms with Crippen molar-refractivity contribution in [3.05, 3.63) is 47.8 Å². The third-order valence-electron chi connectivity index (χ3n) is 5.53. The summed E-state index contributed by atoms with van der Waals surface area (Å²) in [5.74, 6) is 3.55. The van der Waals surface area contributed by atoms with E-state index >= 15 is 0 Å². The minimum absolute atomic E-state index is 0.442. The van der Waals surface area contributed by atoms with Crippen molar-refractivity contribution in [2.24, 2.45) is 0 Å². The second-order valence-corrected chi connectivity index (χ2v) is 7.30. The molecule has 0 bridgehead atoms. The molecule has 2 fully saturated rings. The normalized spacial score (nSPS) is 20.0. The van der Waals surface area contributed by atoms with Crippen LogP contribution in [-0.4, -0.2) is 39.5 Å². The third kappa shape index (κ3) is 2.69. The van der Waals surface area contributed by atoms with Crippen molar-refractivity contribution in [1.82, 2.24) is 19.8 Å². The molecule has 1 saturated heterocycles. The topological polar surface area (TPSA) is 55.5 Å². The van der Waals surface area contributed by atoms with E-state index in [-0.39, 0.29) is 0 Å². The SMILES string of the molecule is COc1ccccc1CC1CCCN1c1ccc2nnc(C3CC3)n2n1. The molecule has 0 amide bonds. The number of hydrogen-bond donors (Lipinski definition) is 0. The van der Waals surface area contributed by atoms with Crippen molar-refractivity contribution in [2.45, 2.75) is 44.1 Å². The van der Waals surface area contributed by atoms with Crippen molar-refractivity contribution in [2.75, 3.05) is 18.6 Å². The number of ether oxygens (including phenoxy) is 1. The zero-order valence-electron chi connectivity index (χ0n) is 15.0. The first kappa shape index (κ1) is 15.6. The number of aromatic nitrogens is 4. The maximum absolute atomic E-state index is 5.54. The first-order chi connectivity index (χ1) is 12.8. The fraction of sp³-hybridized carbons (Fsp3) is 0.450. The van der Waals surface area contributed by atoms with Gasteiger partial charge in [0.1, 0.15) is 11.6 Å². The lowest BCUT2D eigenvalue weighted by atomic mass is 10.0. The van der Waals surface area contributed by atoms with Crippen molar-refractivity contribution in [3.63, 3.8) is 0 Å². The van der Waals surface area contributed by atoms with Gasteiger partial charge < -0.3 is 9.64 Å². The van der Waals surface area contributed by atoms with Gasteiger partial charge in [-0.15, -0.1) is 15.3 Å². The molecule has 1 aliphatic carbocycles. The van der Waals surface area contributed by atoms with Gasteiger partial charge in [-0.05, 0) is 55.9 Å². The van der Waals surface area contributed by atoms with Crippen LogP contribution in [0.5, 0.6) is 5.75 Å². The number of nitrogens with zero attached hydrogens (tertiary/aromatic N) is 5. The summed E-state index contributed by atoms with van der Waals surface area (Å²) in [4.78, 5) is 2.43. The quantitative estimate of drug-likeness (QED) is 0.708. The molecular weight excluding hydrogens is 326 g/mol. The van der Waals surface area contributed by atoms with Crippen LogP contribution < -0.4 is 9.64 Å². The Hall–Kier alpha value is -2.63. The summed E-state index contributed by atoms with van der Waals surface area (Å²) in [5.41, 5.74) is 2.10. The molecule has 1 unspecified atom stereocenters. The standard InChI is InChI=1S/C20H23N5O/c1-26-17-7-3-2-5-15(17)13-16-6-4-12-24(16)19-11-10-18-21-22-20(14-8-9-14)25(18)23-19/h2-3,5,7,10-11,14,16H,4,6,8-9,12-13H2,1H3. The minimum Gasteiger partial charge on any atom is -0.496 e. The second kappa shape index (κ2) is 6.27. The van der Waals surface area contributed by atoms with Crippen LogP contribution in [-0.2, 0) is 6.42 Å². The fourth-order valence-electron chi connectivity index (χ4n) is 4.02. The van der Waals surface area contributed by atoms with Crippen LogP contribution in [0.2, 0.25) is 0 Å². The van der Waals surface area contributed by atoms with Gasteiger partial charge in [-0.2, -0.15) is 4.52 Å². The van der Waals surface area contributed by atoms with E-state index < -0.39 is 0 Å². The molecule has 6 heteroatoms. The molecule has 2 aliphatic rings. The van der Waals surface area contributed by atoms with Crippen LogP contribution in [0.1, 0.15) is 43.0 Å². The highest BCUT2D eigenvalue weighted by Crippen LogP contribution is 2.39. The Kier molecular flexibility index (Phi) is 3.76. The zero-order valence-corrected chi connectivity index (χ0v) is 15.0. The Labute approximate surface area is 152 Å². The van der Waals surface area contributed by atoms with Crippen molar-refractivity contribution >= 4 is 11.5 Å². The van der Waals surface area contributed by atoms with Crippen LogP contribution in [0.3, 0.4) is 0 Å². The average molecular weight is 349 g/mol. The zero-order chi connectivity index (χ0) is 17.5. The van der Waals surface area contributed by atoms with Gasteiger partial charge in [-0.3, -0.25) is 0 Å². The highest BCUT2D eigenvalue weighted by Gasteiger charge is 2.31. The molecule has 134 valence electrons. The first-order valence-electron chi connectivity index (χ1n) is 9.44. The molecule has 1 aliphatic heterocycles. The van der Waals surface area contributed by atoms with Crippen LogP contribution >= 0.6 is 0 Å². The summed E-state index contributed by atoms with van der Waals surface area (Å²) in [6.07, 6.45) is 5.74. The van der Waals surface area contributed by atoms with Gasteiger partial charge in [0.25, 0.3) is 0 Å². The van der Waals surface area contributed by atoms with Crippen LogP contribution in [0, 0.1) is 0 Å². The van der Waals surface area contributed by atoms with Gasteiger partial charge >= 0.3 is 0 Å². The lowest BCUT2D eigenvalue weighted by Gasteiger charge is -2.26. The molecule has 1 atom stereocenters. The molecule has 26 heavy (non-hydrogen) atoms. The minimum atomic E-state index is 0.442. The summed E-state index contributed by atoms with van der Waals surface area (Å²) in [6, 6.07) is 12.9. The van der Waals surface area contributed by atoms with Crippen LogP contribution in [0.4, 0.5) is 5.82 Å². The number of hydrogen-bond acceptors (Lipinski definition) is 5. The van der Waals surface area contributed by atoms with E-state index in [9.17, 15) is 0 Å². The lowest BCUT2D eigenvalue weighted by molar-refractivity contribution is 0.408. The molecule has 0 N–H and O–H groups in total. The summed E-state index contributed by atoms with van der Waals surface area (Å²) in [6.45, 7) is 1.04. The molecule has 1 aromatic carbocycles. The molecule has 2 aromatic heterocycles. The molecule has 1 saturated carbocycles. The second-order valence-electron chi connectivity index (χ2n) is 7.30. The van der Waals surface area contributed by atoms with E-state index in [0.29, 0.717) is 12.0 Å². The highest BCUT2D eigenvalue weighted by atomic mass is 16.5. The van der Waals surface area contributed by atoms with Crippen molar-refractivity contribution in [1.29, 1.82) is 0 Å². The van der Waals surface area contributed by atoms with Crippen LogP contribution in [0.25, 0.3) is 5.65 Å². The Bertz CT molecular complexity index is 933. The summed E-state index contributed by atoms with van der Waals surface area (Å²) in [5, 5.41) is 13.5. The van der Waals surface area contributed by atoms with Gasteiger partial charge in [-0.1, -0.05) is 18.2 Å². The number of anilines is 1. The fourth-order valence-corrected chi connectivity index (χ4v) is 4.02. The van der Waals surface area contributed by atoms with E-state index in [1.54, 1.807) is 7.11 Å². The molecule has 3 aromatic rings. The van der Waals surface area contributed by atoms with E-state index in [1.807, 2.05) is 22.7 Å². The molecule has 6 nitrogen and oxygen atoms in total. The molecule has 5 rings (SSSR count). The van der Waals surface area contributed by atoms with Crippen LogP contribution in [0.15, 0.2) is 36.4 Å². The lowest BCUT2D eigenvalue weighted by Crippen LogP contribution is -2.32. The highest BCUT2D eigenvalue weighted by molar-refractivity contribution is 5.48. The Morgan fingerprint density at radius 2 is 1.96 bits per heavy atom. The number of methoxy groups -OCH3 is 1. The molecule has 0 radical (unpaired) electrons. The van der Waals surface area contributed by atoms with E-state index in [0.717, 1.165) is 36.0 Å². The predicted octanol–water partition coefficient (Wildman–Crippen LogP) is 3.22. The monoisotopic (exact) mass is 349 g/mol. The molecular formula is C20H23N5O. The maximum Gasteiger partial charge on any atom is 0.178 e. The molecule has 3 heterocycles. The summed E-state index contributed by atoms with van der Waals surface area (Å²) in [7, 11) is 1.74. The van der Waals surface area contributed by atoms with E-state index in [4.69, 9.17) is 9.84 Å². The number of fused-ring (bicyclic) bond motifs is 1. The molecule has 0 spiro atoms. The van der Waals surface area contributed by atoms with Gasteiger partial charge in [-0.25, -0.2) is 0 Å². The van der Waals surface area contributed by atoms with E-state index in [2.05, 4.69) is 33.3 Å². The van der Waals surface area contributed by atoms with Gasteiger partial charge in [0, 0.05) is 18.5 Å². The van der Waals surface area contributed by atoms with E-state index in [1.165, 1.54) is 31.2 Å². The largest absolute Gasteiger partial charge is 0.496 e.